The lowest BCUT2D eigenvalue weighted by Gasteiger charge is -2.14. The highest BCUT2D eigenvalue weighted by Gasteiger charge is 2.03. The second-order valence-electron chi connectivity index (χ2n) is 3.89. The van der Waals surface area contributed by atoms with Crippen LogP contribution in [-0.4, -0.2) is 12.9 Å². The molecule has 0 aliphatic rings. The van der Waals surface area contributed by atoms with Crippen LogP contribution in [0, 0.1) is 6.92 Å². The smallest absolute Gasteiger partial charge is 0.200 e. The van der Waals surface area contributed by atoms with Crippen LogP contribution in [-0.2, 0) is 4.74 Å². The van der Waals surface area contributed by atoms with E-state index in [4.69, 9.17) is 9.47 Å². The molecule has 1 atom stereocenters. The van der Waals surface area contributed by atoms with Crippen molar-refractivity contribution in [1.29, 1.82) is 0 Å². The van der Waals surface area contributed by atoms with Gasteiger partial charge in [0.2, 0.25) is 0 Å². The molecule has 0 heterocycles. The summed E-state index contributed by atoms with van der Waals surface area (Å²) in [6.45, 7) is 6.27. The van der Waals surface area contributed by atoms with Crippen LogP contribution in [0.4, 0.5) is 0 Å². The van der Waals surface area contributed by atoms with E-state index >= 15 is 0 Å². The van der Waals surface area contributed by atoms with Gasteiger partial charge in [0.1, 0.15) is 5.75 Å². The summed E-state index contributed by atoms with van der Waals surface area (Å²) in [4.78, 5) is 0. The van der Waals surface area contributed by atoms with E-state index in [1.165, 1.54) is 11.1 Å². The van der Waals surface area contributed by atoms with Gasteiger partial charge in [-0.05, 0) is 30.2 Å². The first-order valence-corrected chi connectivity index (χ1v) is 6.06. The molecule has 0 spiro atoms. The normalized spacial score (nSPS) is 12.1. The van der Waals surface area contributed by atoms with Gasteiger partial charge in [-0.15, -0.1) is 0 Å². The Balaban J connectivity index is 2.06. The Morgan fingerprint density at radius 2 is 1.56 bits per heavy atom. The van der Waals surface area contributed by atoms with Crippen LogP contribution in [0.1, 0.15) is 6.92 Å². The molecule has 0 bridgehead atoms. The van der Waals surface area contributed by atoms with E-state index < -0.39 is 6.29 Å². The molecule has 2 heteroatoms. The molecule has 18 heavy (non-hydrogen) atoms. The van der Waals surface area contributed by atoms with Crippen molar-refractivity contribution in [2.24, 2.45) is 0 Å². The Labute approximate surface area is 108 Å². The molecule has 2 aromatic rings. The van der Waals surface area contributed by atoms with Crippen molar-refractivity contribution in [2.75, 3.05) is 6.61 Å². The van der Waals surface area contributed by atoms with Crippen molar-refractivity contribution in [3.05, 3.63) is 61.5 Å². The minimum Gasteiger partial charge on any atom is -0.465 e. The Morgan fingerprint density at radius 1 is 0.944 bits per heavy atom. The van der Waals surface area contributed by atoms with Crippen molar-refractivity contribution in [2.45, 2.75) is 13.2 Å². The van der Waals surface area contributed by atoms with Gasteiger partial charge >= 0.3 is 0 Å². The molecule has 0 aliphatic heterocycles. The van der Waals surface area contributed by atoms with Gasteiger partial charge in [-0.1, -0.05) is 42.5 Å². The van der Waals surface area contributed by atoms with Crippen molar-refractivity contribution < 1.29 is 9.47 Å². The fourth-order valence-electron chi connectivity index (χ4n) is 1.73. The maximum absolute atomic E-state index is 5.51. The summed E-state index contributed by atoms with van der Waals surface area (Å²) in [5, 5.41) is 0. The lowest BCUT2D eigenvalue weighted by Crippen LogP contribution is -2.16. The number of hydrogen-bond donors (Lipinski definition) is 0. The van der Waals surface area contributed by atoms with E-state index in [-0.39, 0.29) is 0 Å². The van der Waals surface area contributed by atoms with Crippen LogP contribution < -0.4 is 4.74 Å². The van der Waals surface area contributed by atoms with Crippen LogP contribution in [0.2, 0.25) is 0 Å². The second kappa shape index (κ2) is 6.22. The number of benzene rings is 2. The van der Waals surface area contributed by atoms with Crippen molar-refractivity contribution >= 4 is 0 Å². The zero-order chi connectivity index (χ0) is 12.8. The highest BCUT2D eigenvalue weighted by molar-refractivity contribution is 5.63. The predicted octanol–water partition coefficient (Wildman–Crippen LogP) is 3.93. The zero-order valence-corrected chi connectivity index (χ0v) is 10.5. The zero-order valence-electron chi connectivity index (χ0n) is 10.5. The quantitative estimate of drug-likeness (QED) is 0.738. The number of ether oxygens (including phenoxy) is 2. The Kier molecular flexibility index (Phi) is 4.37. The Bertz CT molecular complexity index is 462. The topological polar surface area (TPSA) is 18.5 Å². The van der Waals surface area contributed by atoms with Crippen molar-refractivity contribution in [3.8, 4) is 16.9 Å². The van der Waals surface area contributed by atoms with E-state index in [0.29, 0.717) is 6.61 Å². The standard InChI is InChI=1S/C16H17O2/c1-3-17-13(2)18-16-11-9-15(10-12-16)14-7-5-4-6-8-14/h4-13H,2-3H2,1H3. The fraction of sp³-hybridized carbons (Fsp3) is 0.188. The number of rotatable bonds is 5. The summed E-state index contributed by atoms with van der Waals surface area (Å²) in [5.74, 6) is 0.767. The lowest BCUT2D eigenvalue weighted by atomic mass is 10.1. The molecule has 0 N–H and O–H groups in total. The first-order chi connectivity index (χ1) is 8.79. The molecule has 2 rings (SSSR count). The first kappa shape index (κ1) is 12.7. The highest BCUT2D eigenvalue weighted by Crippen LogP contribution is 2.22. The maximum atomic E-state index is 5.51. The molecule has 1 unspecified atom stereocenters. The molecule has 0 saturated carbocycles. The second-order valence-corrected chi connectivity index (χ2v) is 3.89. The molecule has 2 aromatic carbocycles. The van der Waals surface area contributed by atoms with E-state index in [2.05, 4.69) is 19.1 Å². The predicted molar refractivity (Wildman–Crippen MR) is 73.3 cm³/mol. The molecule has 93 valence electrons. The maximum Gasteiger partial charge on any atom is 0.200 e. The minimum atomic E-state index is -0.461. The van der Waals surface area contributed by atoms with Crippen LogP contribution in [0.25, 0.3) is 11.1 Å². The summed E-state index contributed by atoms with van der Waals surface area (Å²) < 4.78 is 10.7. The van der Waals surface area contributed by atoms with Crippen LogP contribution in [0.15, 0.2) is 54.6 Å². The summed E-state index contributed by atoms with van der Waals surface area (Å²) in [6, 6.07) is 18.2. The van der Waals surface area contributed by atoms with Crippen LogP contribution >= 0.6 is 0 Å². The first-order valence-electron chi connectivity index (χ1n) is 6.06. The summed E-state index contributed by atoms with van der Waals surface area (Å²) in [5.41, 5.74) is 2.36. The van der Waals surface area contributed by atoms with E-state index in [1.807, 2.05) is 49.4 Å². The SMILES string of the molecule is [CH2]C(OCC)Oc1ccc(-c2ccccc2)cc1. The monoisotopic (exact) mass is 241 g/mol. The molecular weight excluding hydrogens is 224 g/mol. The summed E-state index contributed by atoms with van der Waals surface area (Å²) in [6.07, 6.45) is -0.461. The van der Waals surface area contributed by atoms with Gasteiger partial charge in [-0.3, -0.25) is 0 Å². The van der Waals surface area contributed by atoms with Gasteiger partial charge in [-0.25, -0.2) is 0 Å². The van der Waals surface area contributed by atoms with E-state index in [1.54, 1.807) is 0 Å². The van der Waals surface area contributed by atoms with Gasteiger partial charge < -0.3 is 9.47 Å². The molecule has 0 fully saturated rings. The highest BCUT2D eigenvalue weighted by atomic mass is 16.7. The average Bonchev–Trinajstić information content (AvgIpc) is 2.41. The Hall–Kier alpha value is -1.80. The van der Waals surface area contributed by atoms with Crippen molar-refractivity contribution in [3.63, 3.8) is 0 Å². The number of hydrogen-bond acceptors (Lipinski definition) is 2. The molecular formula is C16H17O2. The van der Waals surface area contributed by atoms with Gasteiger partial charge in [0.25, 0.3) is 0 Å². The Morgan fingerprint density at radius 3 is 2.17 bits per heavy atom. The summed E-state index contributed by atoms with van der Waals surface area (Å²) in [7, 11) is 0. The summed E-state index contributed by atoms with van der Waals surface area (Å²) >= 11 is 0. The molecule has 0 saturated heterocycles. The third-order valence-corrected chi connectivity index (χ3v) is 2.58. The minimum absolute atomic E-state index is 0.461. The molecule has 0 aliphatic carbocycles. The lowest BCUT2D eigenvalue weighted by molar-refractivity contribution is -0.0423. The van der Waals surface area contributed by atoms with Crippen LogP contribution in [0.5, 0.6) is 5.75 Å². The van der Waals surface area contributed by atoms with Crippen molar-refractivity contribution in [1.82, 2.24) is 0 Å². The largest absolute Gasteiger partial charge is 0.465 e. The van der Waals surface area contributed by atoms with E-state index in [9.17, 15) is 0 Å². The van der Waals surface area contributed by atoms with Gasteiger partial charge in [-0.2, -0.15) is 0 Å². The van der Waals surface area contributed by atoms with Crippen LogP contribution in [0.3, 0.4) is 0 Å². The molecule has 1 radical (unpaired) electrons. The molecule has 0 amide bonds. The third-order valence-electron chi connectivity index (χ3n) is 2.58. The third kappa shape index (κ3) is 3.34. The molecule has 2 nitrogen and oxygen atoms in total. The van der Waals surface area contributed by atoms with E-state index in [0.717, 1.165) is 5.75 Å². The average molecular weight is 241 g/mol. The van der Waals surface area contributed by atoms with Gasteiger partial charge in [0.15, 0.2) is 6.29 Å². The fourth-order valence-corrected chi connectivity index (χ4v) is 1.73. The molecule has 0 aromatic heterocycles. The van der Waals surface area contributed by atoms with Gasteiger partial charge in [0.05, 0.1) is 0 Å². The van der Waals surface area contributed by atoms with Gasteiger partial charge in [0, 0.05) is 13.5 Å².